The predicted octanol–water partition coefficient (Wildman–Crippen LogP) is -13.0. The quantitative estimate of drug-likeness (QED) is 0.354. The Kier molecular flexibility index (Phi) is 95.0. The summed E-state index contributed by atoms with van der Waals surface area (Å²) in [6.07, 6.45) is 0. The second kappa shape index (κ2) is 23.2. The van der Waals surface area contributed by atoms with Crippen molar-refractivity contribution in [3.63, 3.8) is 0 Å². The van der Waals surface area contributed by atoms with E-state index in [4.69, 9.17) is 4.79 Å². The fraction of sp³-hybridized carbons (Fsp3) is 0. The SMILES string of the molecule is NC(N)=O.[Cl-].[Cl-].[Na+].[Na+]. The van der Waals surface area contributed by atoms with Crippen molar-refractivity contribution < 1.29 is 88.7 Å². The molecule has 0 aliphatic rings. The second-order valence-electron chi connectivity index (χ2n) is 0.402. The zero-order valence-corrected chi connectivity index (χ0v) is 10.3. The Balaban J connectivity index is -0.00000000750. The van der Waals surface area contributed by atoms with E-state index in [0.717, 1.165) is 0 Å². The summed E-state index contributed by atoms with van der Waals surface area (Å²) in [5.74, 6) is 0. The Labute approximate surface area is 105 Å². The van der Waals surface area contributed by atoms with Crippen LogP contribution in [0.3, 0.4) is 0 Å². The van der Waals surface area contributed by atoms with E-state index < -0.39 is 6.03 Å². The molecule has 0 fully saturated rings. The van der Waals surface area contributed by atoms with Crippen LogP contribution in [0, 0.1) is 0 Å². The van der Waals surface area contributed by atoms with Crippen molar-refractivity contribution in [1.82, 2.24) is 0 Å². The average Bonchev–Trinajstić information content (AvgIpc) is 0.811. The minimum atomic E-state index is -0.833. The number of rotatable bonds is 0. The summed E-state index contributed by atoms with van der Waals surface area (Å²) in [4.78, 5) is 9.00. The Morgan fingerprint density at radius 3 is 1.00 bits per heavy atom. The molecule has 8 heavy (non-hydrogen) atoms. The zero-order valence-electron chi connectivity index (χ0n) is 4.82. The second-order valence-corrected chi connectivity index (χ2v) is 0.402. The van der Waals surface area contributed by atoms with E-state index in [9.17, 15) is 0 Å². The van der Waals surface area contributed by atoms with Crippen molar-refractivity contribution in [2.75, 3.05) is 0 Å². The van der Waals surface area contributed by atoms with Gasteiger partial charge in [0.2, 0.25) is 0 Å². The van der Waals surface area contributed by atoms with Gasteiger partial charge < -0.3 is 36.3 Å². The Hall–Kier alpha value is 1.85. The van der Waals surface area contributed by atoms with E-state index in [0.29, 0.717) is 0 Å². The summed E-state index contributed by atoms with van der Waals surface area (Å²) in [5.41, 5.74) is 8.50. The molecule has 0 heterocycles. The fourth-order valence-corrected chi connectivity index (χ4v) is 0. The van der Waals surface area contributed by atoms with Gasteiger partial charge in [-0.3, -0.25) is 0 Å². The van der Waals surface area contributed by atoms with Gasteiger partial charge in [0, 0.05) is 0 Å². The molecule has 0 aliphatic heterocycles. The molecule has 0 aromatic carbocycles. The number of hydrogen-bond donors (Lipinski definition) is 2. The molecular formula is CH4Cl2N2Na2O. The van der Waals surface area contributed by atoms with Gasteiger partial charge in [-0.1, -0.05) is 0 Å². The number of primary amides is 2. The van der Waals surface area contributed by atoms with E-state index in [2.05, 4.69) is 11.5 Å². The third-order valence-corrected chi connectivity index (χ3v) is 0. The van der Waals surface area contributed by atoms with Crippen LogP contribution in [0.25, 0.3) is 0 Å². The van der Waals surface area contributed by atoms with E-state index in [-0.39, 0.29) is 83.9 Å². The molecule has 7 heteroatoms. The van der Waals surface area contributed by atoms with Crippen molar-refractivity contribution in [2.45, 2.75) is 0 Å². The summed E-state index contributed by atoms with van der Waals surface area (Å²) < 4.78 is 0. The number of urea groups is 1. The van der Waals surface area contributed by atoms with Crippen LogP contribution in [0.2, 0.25) is 0 Å². The molecule has 0 rings (SSSR count). The third kappa shape index (κ3) is 108. The smallest absolute Gasteiger partial charge is 1.00 e. The molecule has 0 bridgehead atoms. The summed E-state index contributed by atoms with van der Waals surface area (Å²) in [6, 6.07) is -0.833. The van der Waals surface area contributed by atoms with Gasteiger partial charge in [-0.15, -0.1) is 0 Å². The molecule has 0 saturated heterocycles. The average molecular weight is 177 g/mol. The maximum atomic E-state index is 9.00. The summed E-state index contributed by atoms with van der Waals surface area (Å²) in [6.45, 7) is 0. The standard InChI is InChI=1S/CH4N2O.2ClH.2Na/c2-1(3)4;;;;/h(H4,2,3,4);2*1H;;/q;;;2*+1/p-2. The molecule has 0 aromatic rings. The molecule has 0 aromatic heterocycles. The van der Waals surface area contributed by atoms with E-state index in [1.807, 2.05) is 0 Å². The van der Waals surface area contributed by atoms with E-state index in [1.54, 1.807) is 0 Å². The van der Waals surface area contributed by atoms with Crippen LogP contribution in [-0.4, -0.2) is 6.03 Å². The molecule has 4 N–H and O–H groups in total. The minimum Gasteiger partial charge on any atom is -1.00 e. The van der Waals surface area contributed by atoms with Gasteiger partial charge in [0.15, 0.2) is 0 Å². The third-order valence-electron chi connectivity index (χ3n) is 0. The van der Waals surface area contributed by atoms with Crippen molar-refractivity contribution in [1.29, 1.82) is 0 Å². The first kappa shape index (κ1) is 32.8. The van der Waals surface area contributed by atoms with Crippen molar-refractivity contribution in [3.8, 4) is 0 Å². The van der Waals surface area contributed by atoms with E-state index in [1.165, 1.54) is 0 Å². The zero-order chi connectivity index (χ0) is 3.58. The van der Waals surface area contributed by atoms with Gasteiger partial charge >= 0.3 is 65.1 Å². The van der Waals surface area contributed by atoms with Crippen LogP contribution in [0.4, 0.5) is 4.79 Å². The molecule has 3 nitrogen and oxygen atoms in total. The van der Waals surface area contributed by atoms with Crippen LogP contribution in [0.5, 0.6) is 0 Å². The van der Waals surface area contributed by atoms with Gasteiger partial charge in [0.1, 0.15) is 0 Å². The Morgan fingerprint density at radius 2 is 1.00 bits per heavy atom. The Morgan fingerprint density at radius 1 is 1.00 bits per heavy atom. The van der Waals surface area contributed by atoms with Crippen LogP contribution >= 0.6 is 0 Å². The van der Waals surface area contributed by atoms with Crippen LogP contribution in [0.15, 0.2) is 0 Å². The van der Waals surface area contributed by atoms with Gasteiger partial charge in [-0.05, 0) is 0 Å². The molecule has 2 amide bonds. The minimum absolute atomic E-state index is 0. The number of amides is 2. The first-order valence-corrected chi connectivity index (χ1v) is 0.781. The predicted molar refractivity (Wildman–Crippen MR) is 13.8 cm³/mol. The van der Waals surface area contributed by atoms with Gasteiger partial charge in [0.25, 0.3) is 0 Å². The number of halogens is 2. The summed E-state index contributed by atoms with van der Waals surface area (Å²) in [5, 5.41) is 0. The maximum absolute atomic E-state index is 9.00. The fourth-order valence-electron chi connectivity index (χ4n) is 0. The number of nitrogens with two attached hydrogens (primary N) is 2. The number of carbonyl (C=O) groups excluding carboxylic acids is 1. The molecule has 0 unspecified atom stereocenters. The van der Waals surface area contributed by atoms with Gasteiger partial charge in [0.05, 0.1) is 0 Å². The molecule has 0 spiro atoms. The van der Waals surface area contributed by atoms with Crippen molar-refractivity contribution in [3.05, 3.63) is 0 Å². The van der Waals surface area contributed by atoms with Gasteiger partial charge in [-0.2, -0.15) is 0 Å². The number of hydrogen-bond acceptors (Lipinski definition) is 1. The monoisotopic (exact) mass is 176 g/mol. The largest absolute Gasteiger partial charge is 1.00 e. The molecule has 40 valence electrons. The van der Waals surface area contributed by atoms with Crippen LogP contribution in [-0.2, 0) is 0 Å². The number of carbonyl (C=O) groups is 1. The van der Waals surface area contributed by atoms with Gasteiger partial charge in [-0.25, -0.2) is 4.79 Å². The van der Waals surface area contributed by atoms with Crippen LogP contribution in [0.1, 0.15) is 0 Å². The molecule has 0 aliphatic carbocycles. The molecule has 0 atom stereocenters. The summed E-state index contributed by atoms with van der Waals surface area (Å²) >= 11 is 0. The Bertz CT molecular complexity index is 41.0. The molecule has 0 saturated carbocycles. The molecular weight excluding hydrogens is 173 g/mol. The first-order valence-electron chi connectivity index (χ1n) is 0.781. The molecule has 0 radical (unpaired) electrons. The van der Waals surface area contributed by atoms with Crippen molar-refractivity contribution >= 4 is 6.03 Å². The van der Waals surface area contributed by atoms with Crippen molar-refractivity contribution in [2.24, 2.45) is 11.5 Å². The van der Waals surface area contributed by atoms with E-state index >= 15 is 0 Å². The normalized spacial score (nSPS) is 3.00. The van der Waals surface area contributed by atoms with Crippen LogP contribution < -0.4 is 95.4 Å². The topological polar surface area (TPSA) is 69.1 Å². The summed E-state index contributed by atoms with van der Waals surface area (Å²) in [7, 11) is 0. The maximum Gasteiger partial charge on any atom is 1.00 e. The first-order chi connectivity index (χ1) is 1.73.